The zero-order valence-corrected chi connectivity index (χ0v) is 12.2. The summed E-state index contributed by atoms with van der Waals surface area (Å²) in [5.41, 5.74) is 0.0628. The molecule has 20 heavy (non-hydrogen) atoms. The van der Waals surface area contributed by atoms with Gasteiger partial charge in [0.25, 0.3) is 5.91 Å². The Hall–Kier alpha value is -1.82. The first-order valence-corrected chi connectivity index (χ1v) is 7.26. The molecule has 0 fully saturated rings. The van der Waals surface area contributed by atoms with Gasteiger partial charge in [-0.25, -0.2) is 9.37 Å². The van der Waals surface area contributed by atoms with Crippen LogP contribution in [0.2, 0.25) is 0 Å². The Kier molecular flexibility index (Phi) is 4.79. The van der Waals surface area contributed by atoms with E-state index in [2.05, 4.69) is 9.97 Å². The smallest absolute Gasteiger partial charge is 0.257 e. The van der Waals surface area contributed by atoms with Crippen LogP contribution >= 0.6 is 11.3 Å². The molecule has 0 unspecified atom stereocenters. The van der Waals surface area contributed by atoms with Gasteiger partial charge in [-0.15, -0.1) is 11.3 Å². The second-order valence-electron chi connectivity index (χ2n) is 4.62. The summed E-state index contributed by atoms with van der Waals surface area (Å²) in [6.45, 7) is 4.35. The van der Waals surface area contributed by atoms with Gasteiger partial charge in [0.05, 0.1) is 16.8 Å². The lowest BCUT2D eigenvalue weighted by Gasteiger charge is -2.26. The molecule has 6 heteroatoms. The molecule has 0 aliphatic carbocycles. The first kappa shape index (κ1) is 14.6. The monoisotopic (exact) mass is 293 g/mol. The average Bonchev–Trinajstić information content (AvgIpc) is 2.92. The first-order chi connectivity index (χ1) is 9.59. The zero-order chi connectivity index (χ0) is 14.5. The summed E-state index contributed by atoms with van der Waals surface area (Å²) in [6, 6.07) is 1.41. The highest BCUT2D eigenvalue weighted by Crippen LogP contribution is 2.13. The molecule has 1 amide bonds. The number of amides is 1. The van der Waals surface area contributed by atoms with E-state index in [-0.39, 0.29) is 17.5 Å². The lowest BCUT2D eigenvalue weighted by molar-refractivity contribution is 0.0703. The van der Waals surface area contributed by atoms with E-state index in [0.717, 1.165) is 11.2 Å². The van der Waals surface area contributed by atoms with Crippen molar-refractivity contribution >= 4 is 17.2 Å². The Bertz CT molecular complexity index is 572. The molecule has 0 saturated carbocycles. The average molecular weight is 293 g/mol. The molecule has 106 valence electrons. The van der Waals surface area contributed by atoms with Crippen LogP contribution in [0.25, 0.3) is 0 Å². The molecule has 0 bridgehead atoms. The maximum absolute atomic E-state index is 13.7. The van der Waals surface area contributed by atoms with Crippen LogP contribution in [-0.2, 0) is 6.42 Å². The van der Waals surface area contributed by atoms with Crippen LogP contribution < -0.4 is 0 Å². The van der Waals surface area contributed by atoms with Gasteiger partial charge in [-0.2, -0.15) is 0 Å². The molecule has 0 aromatic carbocycles. The number of carbonyl (C=O) groups excluding carboxylic acids is 1. The standard InChI is InChI=1S/C14H16FN3OS/c1-10(2)18(7-4-13-17-6-8-20-13)14(19)11-3-5-16-9-12(11)15/h3,5-6,8-10H,4,7H2,1-2H3. The molecule has 4 nitrogen and oxygen atoms in total. The number of pyridine rings is 1. The number of hydrogen-bond donors (Lipinski definition) is 0. The number of hydrogen-bond acceptors (Lipinski definition) is 4. The molecular formula is C14H16FN3OS. The molecule has 0 atom stereocenters. The second kappa shape index (κ2) is 6.56. The molecule has 0 aliphatic rings. The fraction of sp³-hybridized carbons (Fsp3) is 0.357. The summed E-state index contributed by atoms with van der Waals surface area (Å²) in [5, 5.41) is 2.87. The second-order valence-corrected chi connectivity index (χ2v) is 5.60. The maximum Gasteiger partial charge on any atom is 0.257 e. The first-order valence-electron chi connectivity index (χ1n) is 6.38. The Morgan fingerprint density at radius 3 is 2.85 bits per heavy atom. The van der Waals surface area contributed by atoms with Crippen LogP contribution in [0, 0.1) is 5.82 Å². The van der Waals surface area contributed by atoms with Crippen molar-refractivity contribution in [3.8, 4) is 0 Å². The highest BCUT2D eigenvalue weighted by molar-refractivity contribution is 7.09. The van der Waals surface area contributed by atoms with E-state index in [1.54, 1.807) is 22.4 Å². The van der Waals surface area contributed by atoms with Crippen molar-refractivity contribution in [2.75, 3.05) is 6.54 Å². The minimum Gasteiger partial charge on any atom is -0.336 e. The number of carbonyl (C=O) groups is 1. The van der Waals surface area contributed by atoms with Gasteiger partial charge < -0.3 is 4.90 Å². The molecule has 0 aliphatic heterocycles. The van der Waals surface area contributed by atoms with Crippen LogP contribution in [0.1, 0.15) is 29.2 Å². The SMILES string of the molecule is CC(C)N(CCc1nccs1)C(=O)c1ccncc1F. The lowest BCUT2D eigenvalue weighted by Crippen LogP contribution is -2.39. The lowest BCUT2D eigenvalue weighted by atomic mass is 10.2. The van der Waals surface area contributed by atoms with Gasteiger partial charge >= 0.3 is 0 Å². The topological polar surface area (TPSA) is 46.1 Å². The van der Waals surface area contributed by atoms with Crippen molar-refractivity contribution in [1.82, 2.24) is 14.9 Å². The molecule has 2 rings (SSSR count). The van der Waals surface area contributed by atoms with E-state index in [0.29, 0.717) is 13.0 Å². The van der Waals surface area contributed by atoms with Crippen molar-refractivity contribution < 1.29 is 9.18 Å². The van der Waals surface area contributed by atoms with Crippen LogP contribution in [0.3, 0.4) is 0 Å². The largest absolute Gasteiger partial charge is 0.336 e. The number of nitrogens with zero attached hydrogens (tertiary/aromatic N) is 3. The molecule has 0 spiro atoms. The summed E-state index contributed by atoms with van der Waals surface area (Å²) >= 11 is 1.55. The third kappa shape index (κ3) is 3.39. The zero-order valence-electron chi connectivity index (χ0n) is 11.4. The fourth-order valence-corrected chi connectivity index (χ4v) is 2.50. The summed E-state index contributed by atoms with van der Waals surface area (Å²) in [7, 11) is 0. The predicted octanol–water partition coefficient (Wildman–Crippen LogP) is 2.77. The fourth-order valence-electron chi connectivity index (χ4n) is 1.89. The molecule has 2 aromatic rings. The molecule has 0 radical (unpaired) electrons. The Labute approximate surface area is 121 Å². The maximum atomic E-state index is 13.7. The highest BCUT2D eigenvalue weighted by atomic mass is 32.1. The van der Waals surface area contributed by atoms with Crippen LogP contribution in [0.5, 0.6) is 0 Å². The summed E-state index contributed by atoms with van der Waals surface area (Å²) in [6.07, 6.45) is 4.90. The number of halogens is 1. The van der Waals surface area contributed by atoms with Crippen LogP contribution in [-0.4, -0.2) is 33.4 Å². The van der Waals surface area contributed by atoms with Gasteiger partial charge in [-0.3, -0.25) is 9.78 Å². The van der Waals surface area contributed by atoms with E-state index in [1.807, 2.05) is 19.2 Å². The van der Waals surface area contributed by atoms with Crippen molar-refractivity contribution in [3.63, 3.8) is 0 Å². The molecule has 2 heterocycles. The Morgan fingerprint density at radius 2 is 2.25 bits per heavy atom. The normalized spacial score (nSPS) is 10.8. The highest BCUT2D eigenvalue weighted by Gasteiger charge is 2.21. The Balaban J connectivity index is 2.12. The summed E-state index contributed by atoms with van der Waals surface area (Å²) in [4.78, 5) is 21.9. The number of thiazole rings is 1. The Morgan fingerprint density at radius 1 is 1.45 bits per heavy atom. The van der Waals surface area contributed by atoms with Crippen molar-refractivity contribution in [3.05, 3.63) is 46.4 Å². The van der Waals surface area contributed by atoms with Crippen LogP contribution in [0.4, 0.5) is 4.39 Å². The van der Waals surface area contributed by atoms with E-state index in [9.17, 15) is 9.18 Å². The molecule has 2 aromatic heterocycles. The van der Waals surface area contributed by atoms with Crippen molar-refractivity contribution in [1.29, 1.82) is 0 Å². The molecular weight excluding hydrogens is 277 g/mol. The van der Waals surface area contributed by atoms with E-state index < -0.39 is 5.82 Å². The van der Waals surface area contributed by atoms with Gasteiger partial charge in [-0.05, 0) is 19.9 Å². The van der Waals surface area contributed by atoms with Crippen molar-refractivity contribution in [2.24, 2.45) is 0 Å². The predicted molar refractivity (Wildman–Crippen MR) is 76.2 cm³/mol. The minimum absolute atomic E-state index is 0.00460. The molecule has 0 N–H and O–H groups in total. The summed E-state index contributed by atoms with van der Waals surface area (Å²) in [5.74, 6) is -0.895. The van der Waals surface area contributed by atoms with Gasteiger partial charge in [0.2, 0.25) is 0 Å². The van der Waals surface area contributed by atoms with Gasteiger partial charge in [0, 0.05) is 36.8 Å². The third-order valence-corrected chi connectivity index (χ3v) is 3.78. The van der Waals surface area contributed by atoms with E-state index in [1.165, 1.54) is 12.3 Å². The van der Waals surface area contributed by atoms with Crippen molar-refractivity contribution in [2.45, 2.75) is 26.3 Å². The molecule has 0 saturated heterocycles. The van der Waals surface area contributed by atoms with Crippen LogP contribution in [0.15, 0.2) is 30.0 Å². The van der Waals surface area contributed by atoms with Gasteiger partial charge in [0.15, 0.2) is 5.82 Å². The van der Waals surface area contributed by atoms with Gasteiger partial charge in [-0.1, -0.05) is 0 Å². The van der Waals surface area contributed by atoms with E-state index in [4.69, 9.17) is 0 Å². The number of aromatic nitrogens is 2. The van der Waals surface area contributed by atoms with E-state index >= 15 is 0 Å². The minimum atomic E-state index is -0.586. The quantitative estimate of drug-likeness (QED) is 0.851. The third-order valence-electron chi connectivity index (χ3n) is 2.94. The summed E-state index contributed by atoms with van der Waals surface area (Å²) < 4.78 is 13.7. The number of rotatable bonds is 5. The van der Waals surface area contributed by atoms with Gasteiger partial charge in [0.1, 0.15) is 0 Å².